The molecular weight excluding hydrogens is 458 g/mol. The van der Waals surface area contributed by atoms with Crippen molar-refractivity contribution < 1.29 is 24.2 Å². The summed E-state index contributed by atoms with van der Waals surface area (Å²) >= 11 is 6.18. The molecular formula is C25H18ClN3O5. The van der Waals surface area contributed by atoms with Gasteiger partial charge in [-0.15, -0.1) is 0 Å². The van der Waals surface area contributed by atoms with E-state index in [4.69, 9.17) is 26.3 Å². The molecule has 170 valence electrons. The van der Waals surface area contributed by atoms with E-state index in [1.165, 1.54) is 49.6 Å². The van der Waals surface area contributed by atoms with Crippen LogP contribution < -0.4 is 14.4 Å². The van der Waals surface area contributed by atoms with Crippen LogP contribution in [0.3, 0.4) is 0 Å². The largest absolute Gasteiger partial charge is 0.507 e. The van der Waals surface area contributed by atoms with Gasteiger partial charge in [0.2, 0.25) is 0 Å². The van der Waals surface area contributed by atoms with E-state index in [9.17, 15) is 14.7 Å². The van der Waals surface area contributed by atoms with Gasteiger partial charge in [0.1, 0.15) is 23.3 Å². The average Bonchev–Trinajstić information content (AvgIpc) is 3.14. The molecule has 34 heavy (non-hydrogen) atoms. The van der Waals surface area contributed by atoms with Crippen LogP contribution in [-0.2, 0) is 9.59 Å². The maximum Gasteiger partial charge on any atom is 0.300 e. The predicted molar refractivity (Wildman–Crippen MR) is 125 cm³/mol. The van der Waals surface area contributed by atoms with Crippen molar-refractivity contribution in [1.29, 1.82) is 5.26 Å². The lowest BCUT2D eigenvalue weighted by Crippen LogP contribution is -2.29. The second-order valence-electron chi connectivity index (χ2n) is 7.27. The molecule has 1 atom stereocenters. The van der Waals surface area contributed by atoms with Crippen molar-refractivity contribution in [2.45, 2.75) is 6.04 Å². The lowest BCUT2D eigenvalue weighted by atomic mass is 9.97. The first-order valence-electron chi connectivity index (χ1n) is 10.0. The Morgan fingerprint density at radius 2 is 1.79 bits per heavy atom. The molecule has 2 aromatic carbocycles. The third-order valence-corrected chi connectivity index (χ3v) is 5.71. The second kappa shape index (κ2) is 9.25. The van der Waals surface area contributed by atoms with Gasteiger partial charge in [0, 0.05) is 18.0 Å². The summed E-state index contributed by atoms with van der Waals surface area (Å²) in [4.78, 5) is 32.0. The van der Waals surface area contributed by atoms with E-state index in [0.29, 0.717) is 16.9 Å². The van der Waals surface area contributed by atoms with Crippen LogP contribution in [0.4, 0.5) is 5.69 Å². The zero-order valence-corrected chi connectivity index (χ0v) is 18.9. The minimum Gasteiger partial charge on any atom is -0.507 e. The number of aromatic nitrogens is 1. The number of ketones is 1. The molecule has 8 nitrogen and oxygen atoms in total. The van der Waals surface area contributed by atoms with Crippen molar-refractivity contribution in [3.05, 3.63) is 88.2 Å². The fourth-order valence-electron chi connectivity index (χ4n) is 3.80. The van der Waals surface area contributed by atoms with E-state index in [0.717, 1.165) is 0 Å². The van der Waals surface area contributed by atoms with Gasteiger partial charge >= 0.3 is 0 Å². The molecule has 0 saturated carbocycles. The number of nitriles is 1. The molecule has 4 rings (SSSR count). The lowest BCUT2D eigenvalue weighted by molar-refractivity contribution is -0.132. The Kier molecular flexibility index (Phi) is 6.21. The number of halogens is 1. The number of hydrogen-bond acceptors (Lipinski definition) is 7. The van der Waals surface area contributed by atoms with Crippen molar-refractivity contribution in [1.82, 2.24) is 4.98 Å². The summed E-state index contributed by atoms with van der Waals surface area (Å²) in [5, 5.41) is 20.7. The minimum absolute atomic E-state index is 0.127. The molecule has 1 aliphatic rings. The first kappa shape index (κ1) is 22.8. The van der Waals surface area contributed by atoms with Crippen molar-refractivity contribution >= 4 is 34.7 Å². The summed E-state index contributed by atoms with van der Waals surface area (Å²) in [6.07, 6.45) is 1.53. The summed E-state index contributed by atoms with van der Waals surface area (Å²) in [5.74, 6) is -1.76. The van der Waals surface area contributed by atoms with Crippen LogP contribution in [0.2, 0.25) is 5.02 Å². The van der Waals surface area contributed by atoms with Crippen LogP contribution in [0.25, 0.3) is 5.76 Å². The number of benzene rings is 2. The SMILES string of the molecule is COc1cc(/C(O)=C2\C(=O)C(=O)N(c3ccc(C#N)cc3)C2c2ccccn2)c(OC)cc1Cl. The zero-order valence-electron chi connectivity index (χ0n) is 18.2. The number of carbonyl (C=O) groups excluding carboxylic acids is 2. The van der Waals surface area contributed by atoms with Gasteiger partial charge in [-0.3, -0.25) is 19.5 Å². The molecule has 0 radical (unpaired) electrons. The highest BCUT2D eigenvalue weighted by Crippen LogP contribution is 2.44. The Hall–Kier alpha value is -4.35. The Labute approximate surface area is 200 Å². The standard InChI is InChI=1S/C25H18ClN3O5/c1-33-19-12-17(26)20(34-2)11-16(19)23(30)21-22(18-5-3-4-10-28-18)29(25(32)24(21)31)15-8-6-14(13-27)7-9-15/h3-12,22,30H,1-2H3/b23-21+. The summed E-state index contributed by atoms with van der Waals surface area (Å²) < 4.78 is 10.6. The number of anilines is 1. The highest BCUT2D eigenvalue weighted by Gasteiger charge is 2.48. The molecule has 1 aliphatic heterocycles. The van der Waals surface area contributed by atoms with E-state index < -0.39 is 23.5 Å². The highest BCUT2D eigenvalue weighted by molar-refractivity contribution is 6.51. The van der Waals surface area contributed by atoms with Gasteiger partial charge in [0.25, 0.3) is 11.7 Å². The van der Waals surface area contributed by atoms with Gasteiger partial charge in [-0.05, 0) is 42.5 Å². The number of hydrogen-bond donors (Lipinski definition) is 1. The number of pyridine rings is 1. The molecule has 1 fully saturated rings. The van der Waals surface area contributed by atoms with Crippen molar-refractivity contribution in [2.24, 2.45) is 0 Å². The molecule has 1 aromatic heterocycles. The maximum atomic E-state index is 13.2. The number of carbonyl (C=O) groups is 2. The fourth-order valence-corrected chi connectivity index (χ4v) is 4.03. The highest BCUT2D eigenvalue weighted by atomic mass is 35.5. The van der Waals surface area contributed by atoms with Crippen LogP contribution >= 0.6 is 11.6 Å². The van der Waals surface area contributed by atoms with Crippen LogP contribution in [0.1, 0.15) is 22.9 Å². The Morgan fingerprint density at radius 1 is 1.09 bits per heavy atom. The molecule has 1 N–H and O–H groups in total. The Bertz CT molecular complexity index is 1350. The summed E-state index contributed by atoms with van der Waals surface area (Å²) in [5.41, 5.74) is 1.09. The van der Waals surface area contributed by atoms with Gasteiger partial charge in [-0.25, -0.2) is 0 Å². The quantitative estimate of drug-likeness (QED) is 0.333. The topological polar surface area (TPSA) is 113 Å². The van der Waals surface area contributed by atoms with Gasteiger partial charge in [-0.2, -0.15) is 5.26 Å². The molecule has 0 aliphatic carbocycles. The first-order chi connectivity index (χ1) is 16.4. The van der Waals surface area contributed by atoms with Crippen LogP contribution in [0, 0.1) is 11.3 Å². The number of rotatable bonds is 5. The van der Waals surface area contributed by atoms with Crippen molar-refractivity contribution in [2.75, 3.05) is 19.1 Å². The lowest BCUT2D eigenvalue weighted by Gasteiger charge is -2.24. The van der Waals surface area contributed by atoms with Gasteiger partial charge < -0.3 is 14.6 Å². The van der Waals surface area contributed by atoms with Gasteiger partial charge in [0.15, 0.2) is 0 Å². The fraction of sp³-hybridized carbons (Fsp3) is 0.120. The normalized spacial score (nSPS) is 16.9. The monoisotopic (exact) mass is 475 g/mol. The number of ether oxygens (including phenoxy) is 2. The molecule has 1 amide bonds. The predicted octanol–water partition coefficient (Wildman–Crippen LogP) is 4.25. The van der Waals surface area contributed by atoms with Crippen molar-refractivity contribution in [3.8, 4) is 17.6 Å². The number of nitrogens with zero attached hydrogens (tertiary/aromatic N) is 3. The van der Waals surface area contributed by atoms with Crippen molar-refractivity contribution in [3.63, 3.8) is 0 Å². The third-order valence-electron chi connectivity index (χ3n) is 5.42. The molecule has 1 saturated heterocycles. The van der Waals surface area contributed by atoms with E-state index in [1.807, 2.05) is 6.07 Å². The summed E-state index contributed by atoms with van der Waals surface area (Å²) in [7, 11) is 2.80. The summed E-state index contributed by atoms with van der Waals surface area (Å²) in [6, 6.07) is 15.1. The van der Waals surface area contributed by atoms with E-state index >= 15 is 0 Å². The molecule has 9 heteroatoms. The number of methoxy groups -OCH3 is 2. The Morgan fingerprint density at radius 3 is 2.38 bits per heavy atom. The van der Waals surface area contributed by atoms with E-state index in [-0.39, 0.29) is 27.7 Å². The Balaban J connectivity index is 1.97. The number of aliphatic hydroxyl groups is 1. The number of aliphatic hydroxyl groups excluding tert-OH is 1. The molecule has 1 unspecified atom stereocenters. The van der Waals surface area contributed by atoms with Crippen LogP contribution in [-0.4, -0.2) is 36.0 Å². The first-order valence-corrected chi connectivity index (χ1v) is 10.4. The van der Waals surface area contributed by atoms with E-state index in [2.05, 4.69) is 4.98 Å². The second-order valence-corrected chi connectivity index (χ2v) is 7.68. The van der Waals surface area contributed by atoms with Crippen LogP contribution in [0.15, 0.2) is 66.4 Å². The minimum atomic E-state index is -1.03. The molecule has 0 spiro atoms. The zero-order chi connectivity index (χ0) is 24.4. The average molecular weight is 476 g/mol. The molecule has 2 heterocycles. The van der Waals surface area contributed by atoms with E-state index in [1.54, 1.807) is 30.3 Å². The van der Waals surface area contributed by atoms with Crippen LogP contribution in [0.5, 0.6) is 11.5 Å². The summed E-state index contributed by atoms with van der Waals surface area (Å²) in [6.45, 7) is 0. The number of amides is 1. The smallest absolute Gasteiger partial charge is 0.300 e. The maximum absolute atomic E-state index is 13.2. The third kappa shape index (κ3) is 3.83. The molecule has 0 bridgehead atoms. The molecule has 3 aromatic rings. The van der Waals surface area contributed by atoms with Gasteiger partial charge in [0.05, 0.1) is 47.7 Å². The van der Waals surface area contributed by atoms with Gasteiger partial charge in [-0.1, -0.05) is 17.7 Å². The number of Topliss-reactive ketones (excluding diaryl/α,β-unsaturated/α-hetero) is 1.